The molecule has 0 atom stereocenters. The number of hydrogen-bond donors (Lipinski definition) is 1. The third-order valence-corrected chi connectivity index (χ3v) is 9.09. The minimum atomic E-state index is -2.27. The van der Waals surface area contributed by atoms with Gasteiger partial charge in [-0.3, -0.25) is 0 Å². The largest absolute Gasteiger partial charge is 0.428 e. The summed E-state index contributed by atoms with van der Waals surface area (Å²) in [5, 5.41) is 1.00. The molecule has 4 aromatic rings. The summed E-state index contributed by atoms with van der Waals surface area (Å²) >= 11 is 0. The Labute approximate surface area is 200 Å². The van der Waals surface area contributed by atoms with E-state index in [2.05, 4.69) is 109 Å². The summed E-state index contributed by atoms with van der Waals surface area (Å²) in [6, 6.07) is 37.5. The van der Waals surface area contributed by atoms with E-state index in [1.54, 1.807) is 0 Å². The Hall–Kier alpha value is -3.47. The fourth-order valence-electron chi connectivity index (χ4n) is 3.36. The molecule has 0 spiro atoms. The second kappa shape index (κ2) is 10.4. The summed E-state index contributed by atoms with van der Waals surface area (Å²) < 4.78 is 0. The highest BCUT2D eigenvalue weighted by molar-refractivity contribution is 7.97. The summed E-state index contributed by atoms with van der Waals surface area (Å²) in [6.45, 7) is 3.82. The zero-order chi connectivity index (χ0) is 23.1. The monoisotopic (exact) mass is 461 g/mol. The van der Waals surface area contributed by atoms with E-state index < -0.39 is 8.32 Å². The van der Waals surface area contributed by atoms with E-state index >= 15 is 0 Å². The SMILES string of the molecule is C[Si](C)(O)c1ccc(C#CC#Cc2ccc([S+](c3ccccc3)c3ccccc3)cc2)cc1. The Bertz CT molecular complexity index is 1280. The predicted molar refractivity (Wildman–Crippen MR) is 141 cm³/mol. The first-order valence-electron chi connectivity index (χ1n) is 10.8. The molecule has 1 N–H and O–H groups in total. The lowest BCUT2D eigenvalue weighted by Crippen LogP contribution is -2.41. The normalized spacial score (nSPS) is 10.7. The summed E-state index contributed by atoms with van der Waals surface area (Å²) in [7, 11) is -2.43. The molecule has 4 rings (SSSR count). The number of hydrogen-bond acceptors (Lipinski definition) is 1. The molecule has 0 saturated carbocycles. The summed E-state index contributed by atoms with van der Waals surface area (Å²) in [6.07, 6.45) is 0. The Morgan fingerprint density at radius 3 is 1.36 bits per heavy atom. The Balaban J connectivity index is 1.52. The summed E-state index contributed by atoms with van der Waals surface area (Å²) in [5.41, 5.74) is 1.84. The molecule has 0 aromatic heterocycles. The van der Waals surface area contributed by atoms with E-state index in [1.807, 2.05) is 37.4 Å². The molecule has 1 nitrogen and oxygen atoms in total. The van der Waals surface area contributed by atoms with Gasteiger partial charge >= 0.3 is 0 Å². The maximum atomic E-state index is 10.2. The van der Waals surface area contributed by atoms with Gasteiger partial charge < -0.3 is 4.80 Å². The Morgan fingerprint density at radius 1 is 0.545 bits per heavy atom. The second-order valence-corrected chi connectivity index (χ2v) is 13.8. The van der Waals surface area contributed by atoms with Crippen LogP contribution in [0.3, 0.4) is 0 Å². The van der Waals surface area contributed by atoms with Crippen LogP contribution in [-0.2, 0) is 10.9 Å². The van der Waals surface area contributed by atoms with E-state index in [0.717, 1.165) is 16.3 Å². The zero-order valence-electron chi connectivity index (χ0n) is 18.7. The van der Waals surface area contributed by atoms with Crippen LogP contribution in [0.1, 0.15) is 11.1 Å². The molecular formula is C30H25OSSi+. The maximum Gasteiger partial charge on any atom is 0.213 e. The van der Waals surface area contributed by atoms with Gasteiger partial charge in [-0.15, -0.1) is 0 Å². The van der Waals surface area contributed by atoms with Gasteiger partial charge in [0.2, 0.25) is 8.32 Å². The Kier molecular flexibility index (Phi) is 7.18. The topological polar surface area (TPSA) is 20.2 Å². The van der Waals surface area contributed by atoms with E-state index in [0.29, 0.717) is 0 Å². The van der Waals surface area contributed by atoms with Gasteiger partial charge in [-0.2, -0.15) is 0 Å². The lowest BCUT2D eigenvalue weighted by atomic mass is 10.2. The van der Waals surface area contributed by atoms with Crippen LogP contribution in [-0.4, -0.2) is 13.1 Å². The van der Waals surface area contributed by atoms with Crippen LogP contribution in [0.25, 0.3) is 0 Å². The molecule has 0 aliphatic rings. The highest BCUT2D eigenvalue weighted by atomic mass is 32.2. The molecule has 160 valence electrons. The third-order valence-electron chi connectivity index (χ3n) is 5.12. The maximum absolute atomic E-state index is 10.2. The minimum Gasteiger partial charge on any atom is -0.428 e. The van der Waals surface area contributed by atoms with Crippen molar-refractivity contribution in [1.29, 1.82) is 0 Å². The zero-order valence-corrected chi connectivity index (χ0v) is 20.6. The van der Waals surface area contributed by atoms with E-state index in [4.69, 9.17) is 0 Å². The fraction of sp³-hybridized carbons (Fsp3) is 0.0667. The van der Waals surface area contributed by atoms with Crippen molar-refractivity contribution in [2.45, 2.75) is 27.8 Å². The van der Waals surface area contributed by atoms with E-state index in [1.165, 1.54) is 14.7 Å². The molecule has 0 unspecified atom stereocenters. The van der Waals surface area contributed by atoms with Crippen molar-refractivity contribution < 1.29 is 4.80 Å². The molecule has 0 fully saturated rings. The van der Waals surface area contributed by atoms with Gasteiger partial charge in [0.05, 0.1) is 10.9 Å². The molecule has 3 heteroatoms. The van der Waals surface area contributed by atoms with Gasteiger partial charge in [0, 0.05) is 11.1 Å². The highest BCUT2D eigenvalue weighted by Gasteiger charge is 2.27. The van der Waals surface area contributed by atoms with Crippen LogP contribution >= 0.6 is 0 Å². The number of benzene rings is 4. The molecule has 0 amide bonds. The second-order valence-electron chi connectivity index (χ2n) is 8.09. The van der Waals surface area contributed by atoms with Crippen LogP contribution in [0.5, 0.6) is 0 Å². The standard InChI is InChI=1S/C30H25OSSi/c1-33(2,31)30-23-19-26(20-24-30)12-10-9-11-25-17-21-29(22-18-25)32(27-13-5-3-6-14-27)28-15-7-4-8-16-28/h3-8,13-24,31H,1-2H3/q+1. The molecular weight excluding hydrogens is 436 g/mol. The quantitative estimate of drug-likeness (QED) is 0.239. The van der Waals surface area contributed by atoms with E-state index in [9.17, 15) is 4.80 Å². The average Bonchev–Trinajstić information content (AvgIpc) is 2.84. The molecule has 4 aromatic carbocycles. The minimum absolute atomic E-state index is 0.155. The molecule has 0 heterocycles. The first-order chi connectivity index (χ1) is 16.0. The first kappa shape index (κ1) is 22.7. The van der Waals surface area contributed by atoms with E-state index in [-0.39, 0.29) is 10.9 Å². The molecule has 0 bridgehead atoms. The van der Waals surface area contributed by atoms with Crippen molar-refractivity contribution in [2.75, 3.05) is 0 Å². The smallest absolute Gasteiger partial charge is 0.213 e. The third kappa shape index (κ3) is 6.07. The summed E-state index contributed by atoms with van der Waals surface area (Å²) in [4.78, 5) is 14.0. The van der Waals surface area contributed by atoms with Crippen LogP contribution < -0.4 is 5.19 Å². The van der Waals surface area contributed by atoms with Gasteiger partial charge in [0.25, 0.3) is 0 Å². The van der Waals surface area contributed by atoms with Gasteiger partial charge in [-0.1, -0.05) is 60.4 Å². The van der Waals surface area contributed by atoms with Crippen LogP contribution in [0.15, 0.2) is 124 Å². The van der Waals surface area contributed by atoms with Crippen molar-refractivity contribution in [3.05, 3.63) is 120 Å². The lowest BCUT2D eigenvalue weighted by Gasteiger charge is -2.13. The van der Waals surface area contributed by atoms with Gasteiger partial charge in [0.1, 0.15) is 0 Å². The van der Waals surface area contributed by atoms with Crippen molar-refractivity contribution in [3.63, 3.8) is 0 Å². The van der Waals surface area contributed by atoms with Crippen LogP contribution in [0, 0.1) is 23.7 Å². The van der Waals surface area contributed by atoms with Gasteiger partial charge in [-0.25, -0.2) is 0 Å². The van der Waals surface area contributed by atoms with Crippen molar-refractivity contribution >= 4 is 24.4 Å². The highest BCUT2D eigenvalue weighted by Crippen LogP contribution is 2.30. The van der Waals surface area contributed by atoms with Crippen molar-refractivity contribution in [2.24, 2.45) is 0 Å². The molecule has 33 heavy (non-hydrogen) atoms. The van der Waals surface area contributed by atoms with Crippen molar-refractivity contribution in [1.82, 2.24) is 0 Å². The molecule has 0 saturated heterocycles. The molecule has 0 aliphatic heterocycles. The lowest BCUT2D eigenvalue weighted by molar-refractivity contribution is 0.568. The molecule has 0 aliphatic carbocycles. The molecule has 0 radical (unpaired) electrons. The van der Waals surface area contributed by atoms with Crippen molar-refractivity contribution in [3.8, 4) is 23.7 Å². The Morgan fingerprint density at radius 2 is 0.939 bits per heavy atom. The predicted octanol–water partition coefficient (Wildman–Crippen LogP) is 5.59. The van der Waals surface area contributed by atoms with Gasteiger partial charge in [-0.05, 0) is 90.8 Å². The first-order valence-corrected chi connectivity index (χ1v) is 15.0. The van der Waals surface area contributed by atoms with Crippen LogP contribution in [0.4, 0.5) is 0 Å². The van der Waals surface area contributed by atoms with Crippen LogP contribution in [0.2, 0.25) is 13.1 Å². The summed E-state index contributed by atoms with van der Waals surface area (Å²) in [5.74, 6) is 12.1. The number of rotatable bonds is 4. The average molecular weight is 462 g/mol. The van der Waals surface area contributed by atoms with Gasteiger partial charge in [0.15, 0.2) is 14.7 Å². The fourth-order valence-corrected chi connectivity index (χ4v) is 6.43.